The molecule has 0 saturated heterocycles. The monoisotopic (exact) mass is 414 g/mol. The third-order valence-corrected chi connectivity index (χ3v) is 6.14. The molecule has 0 aliphatic heterocycles. The van der Waals surface area contributed by atoms with E-state index >= 15 is 0 Å². The Morgan fingerprint density at radius 1 is 1.21 bits per heavy atom. The summed E-state index contributed by atoms with van der Waals surface area (Å²) in [5, 5.41) is 5.69. The highest BCUT2D eigenvalue weighted by Crippen LogP contribution is 2.39. The van der Waals surface area contributed by atoms with E-state index in [4.69, 9.17) is 4.74 Å². The van der Waals surface area contributed by atoms with Gasteiger partial charge in [0, 0.05) is 11.3 Å². The molecule has 7 heteroatoms. The molecule has 1 heterocycles. The van der Waals surface area contributed by atoms with Crippen molar-refractivity contribution in [2.75, 3.05) is 11.9 Å². The zero-order valence-electron chi connectivity index (χ0n) is 16.7. The van der Waals surface area contributed by atoms with Crippen molar-refractivity contribution < 1.29 is 19.1 Å². The summed E-state index contributed by atoms with van der Waals surface area (Å²) in [5.74, 6) is -0.136. The second-order valence-corrected chi connectivity index (χ2v) is 8.37. The van der Waals surface area contributed by atoms with Crippen LogP contribution in [0.2, 0.25) is 0 Å². The fourth-order valence-electron chi connectivity index (χ4n) is 3.49. The van der Waals surface area contributed by atoms with Crippen LogP contribution in [0.5, 0.6) is 0 Å². The molecule has 0 unspecified atom stereocenters. The number of carbonyl (C=O) groups is 3. The highest BCUT2D eigenvalue weighted by Gasteiger charge is 2.29. The quantitative estimate of drug-likeness (QED) is 0.737. The van der Waals surface area contributed by atoms with E-state index in [2.05, 4.69) is 17.6 Å². The van der Waals surface area contributed by atoms with Crippen molar-refractivity contribution >= 4 is 34.2 Å². The minimum atomic E-state index is -0.775. The second kappa shape index (κ2) is 9.69. The first-order valence-electron chi connectivity index (χ1n) is 9.94. The molecule has 0 bridgehead atoms. The molecule has 1 atom stereocenters. The zero-order valence-corrected chi connectivity index (χ0v) is 17.6. The summed E-state index contributed by atoms with van der Waals surface area (Å²) in [7, 11) is 0. The summed E-state index contributed by atoms with van der Waals surface area (Å²) in [6.07, 6.45) is 2.78. The van der Waals surface area contributed by atoms with Gasteiger partial charge in [0.25, 0.3) is 5.91 Å². The molecular formula is C22H26N2O4S. The maximum Gasteiger partial charge on any atom is 0.414 e. The Balaban J connectivity index is 1.76. The number of nitrogens with one attached hydrogen (secondary N) is 2. The van der Waals surface area contributed by atoms with Crippen LogP contribution in [0.25, 0.3) is 0 Å². The van der Waals surface area contributed by atoms with Crippen LogP contribution in [0.1, 0.15) is 53.1 Å². The Kier molecular flexibility index (Phi) is 7.04. The average Bonchev–Trinajstić information content (AvgIpc) is 3.04. The van der Waals surface area contributed by atoms with Gasteiger partial charge in [-0.1, -0.05) is 37.3 Å². The molecule has 1 aromatic heterocycles. The molecule has 2 aromatic rings. The molecule has 0 radical (unpaired) electrons. The first kappa shape index (κ1) is 21.0. The zero-order chi connectivity index (χ0) is 20.8. The SMILES string of the molecule is CCOC(=O)NC(=O)c1c(NC(=O)CCc2ccccc2)sc2c1CC[C@@H](C)C2. The van der Waals surface area contributed by atoms with Gasteiger partial charge < -0.3 is 10.1 Å². The fourth-order valence-corrected chi connectivity index (χ4v) is 4.92. The standard InChI is InChI=1S/C22H26N2O4S/c1-3-28-22(27)24-20(26)19-16-11-9-14(2)13-17(16)29-21(19)23-18(25)12-10-15-7-5-4-6-8-15/h4-8,14H,3,9-13H2,1-2H3,(H,23,25)(H,24,26,27)/t14-/m1/s1. The molecule has 1 aliphatic rings. The Labute approximate surface area is 174 Å². The lowest BCUT2D eigenvalue weighted by Crippen LogP contribution is -2.32. The number of hydrogen-bond donors (Lipinski definition) is 2. The number of imide groups is 1. The Morgan fingerprint density at radius 3 is 2.69 bits per heavy atom. The lowest BCUT2D eigenvalue weighted by Gasteiger charge is -2.18. The first-order chi connectivity index (χ1) is 14.0. The van der Waals surface area contributed by atoms with Crippen LogP contribution in [0, 0.1) is 5.92 Å². The van der Waals surface area contributed by atoms with Gasteiger partial charge in [-0.25, -0.2) is 4.79 Å². The topological polar surface area (TPSA) is 84.5 Å². The van der Waals surface area contributed by atoms with E-state index in [0.717, 1.165) is 35.3 Å². The normalized spacial score (nSPS) is 15.3. The van der Waals surface area contributed by atoms with Crippen LogP contribution in [-0.4, -0.2) is 24.5 Å². The van der Waals surface area contributed by atoms with Crippen LogP contribution >= 0.6 is 11.3 Å². The molecule has 2 N–H and O–H groups in total. The Morgan fingerprint density at radius 2 is 1.97 bits per heavy atom. The molecule has 1 aliphatic carbocycles. The maximum absolute atomic E-state index is 12.8. The highest BCUT2D eigenvalue weighted by molar-refractivity contribution is 7.17. The third-order valence-electron chi connectivity index (χ3n) is 4.97. The van der Waals surface area contributed by atoms with Crippen molar-refractivity contribution in [3.63, 3.8) is 0 Å². The minimum absolute atomic E-state index is 0.148. The van der Waals surface area contributed by atoms with E-state index in [-0.39, 0.29) is 12.5 Å². The summed E-state index contributed by atoms with van der Waals surface area (Å²) in [5.41, 5.74) is 2.42. The summed E-state index contributed by atoms with van der Waals surface area (Å²) in [6, 6.07) is 9.79. The summed E-state index contributed by atoms with van der Waals surface area (Å²) < 4.78 is 4.83. The number of carbonyl (C=O) groups excluding carboxylic acids is 3. The Bertz CT molecular complexity index is 892. The van der Waals surface area contributed by atoms with Crippen LogP contribution in [0.15, 0.2) is 30.3 Å². The van der Waals surface area contributed by atoms with Crippen molar-refractivity contribution in [2.45, 2.75) is 46.0 Å². The van der Waals surface area contributed by atoms with Gasteiger partial charge in [0.05, 0.1) is 12.2 Å². The van der Waals surface area contributed by atoms with Crippen LogP contribution < -0.4 is 10.6 Å². The minimum Gasteiger partial charge on any atom is -0.450 e. The summed E-state index contributed by atoms with van der Waals surface area (Å²) in [4.78, 5) is 38.1. The number of amides is 3. The smallest absolute Gasteiger partial charge is 0.414 e. The van der Waals surface area contributed by atoms with E-state index in [1.54, 1.807) is 6.92 Å². The molecule has 29 heavy (non-hydrogen) atoms. The van der Waals surface area contributed by atoms with Gasteiger partial charge in [-0.05, 0) is 49.7 Å². The lowest BCUT2D eigenvalue weighted by molar-refractivity contribution is -0.116. The first-order valence-corrected chi connectivity index (χ1v) is 10.8. The van der Waals surface area contributed by atoms with E-state index in [9.17, 15) is 14.4 Å². The van der Waals surface area contributed by atoms with Gasteiger partial charge in [-0.2, -0.15) is 0 Å². The number of ether oxygens (including phenoxy) is 1. The predicted octanol–water partition coefficient (Wildman–Crippen LogP) is 4.33. The number of rotatable bonds is 6. The molecule has 0 spiro atoms. The van der Waals surface area contributed by atoms with Crippen molar-refractivity contribution in [3.05, 3.63) is 51.9 Å². The summed E-state index contributed by atoms with van der Waals surface area (Å²) in [6.45, 7) is 4.04. The third kappa shape index (κ3) is 5.44. The summed E-state index contributed by atoms with van der Waals surface area (Å²) >= 11 is 1.44. The van der Waals surface area contributed by atoms with Crippen molar-refractivity contribution in [3.8, 4) is 0 Å². The average molecular weight is 415 g/mol. The van der Waals surface area contributed by atoms with Crippen LogP contribution in [0.3, 0.4) is 0 Å². The van der Waals surface area contributed by atoms with Gasteiger partial charge in [-0.15, -0.1) is 11.3 Å². The van der Waals surface area contributed by atoms with E-state index in [1.807, 2.05) is 30.3 Å². The van der Waals surface area contributed by atoms with Crippen LogP contribution in [-0.2, 0) is 28.8 Å². The number of aryl methyl sites for hydroxylation is 1. The number of fused-ring (bicyclic) bond motifs is 1. The van der Waals surface area contributed by atoms with Gasteiger partial charge in [-0.3, -0.25) is 14.9 Å². The number of thiophene rings is 1. The Hall–Kier alpha value is -2.67. The molecular weight excluding hydrogens is 388 g/mol. The van der Waals surface area contributed by atoms with Crippen molar-refractivity contribution in [1.29, 1.82) is 0 Å². The second-order valence-electron chi connectivity index (χ2n) is 7.26. The van der Waals surface area contributed by atoms with Crippen molar-refractivity contribution in [2.24, 2.45) is 5.92 Å². The van der Waals surface area contributed by atoms with E-state index < -0.39 is 12.0 Å². The molecule has 154 valence electrons. The molecule has 0 saturated carbocycles. The van der Waals surface area contributed by atoms with E-state index in [1.165, 1.54) is 11.3 Å². The maximum atomic E-state index is 12.8. The molecule has 3 rings (SSSR count). The number of benzene rings is 1. The van der Waals surface area contributed by atoms with Gasteiger partial charge >= 0.3 is 6.09 Å². The van der Waals surface area contributed by atoms with Crippen LogP contribution in [0.4, 0.5) is 9.80 Å². The molecule has 0 fully saturated rings. The highest BCUT2D eigenvalue weighted by atomic mass is 32.1. The fraction of sp³-hybridized carbons (Fsp3) is 0.409. The predicted molar refractivity (Wildman–Crippen MR) is 113 cm³/mol. The molecule has 6 nitrogen and oxygen atoms in total. The number of hydrogen-bond acceptors (Lipinski definition) is 5. The number of anilines is 1. The van der Waals surface area contributed by atoms with Gasteiger partial charge in [0.2, 0.25) is 5.91 Å². The molecule has 3 amide bonds. The largest absolute Gasteiger partial charge is 0.450 e. The molecule has 1 aromatic carbocycles. The number of alkyl carbamates (subject to hydrolysis) is 1. The van der Waals surface area contributed by atoms with Crippen molar-refractivity contribution in [1.82, 2.24) is 5.32 Å². The lowest BCUT2D eigenvalue weighted by atomic mass is 9.88. The van der Waals surface area contributed by atoms with Gasteiger partial charge in [0.15, 0.2) is 0 Å². The van der Waals surface area contributed by atoms with E-state index in [0.29, 0.717) is 29.3 Å². The van der Waals surface area contributed by atoms with Gasteiger partial charge in [0.1, 0.15) is 5.00 Å².